The van der Waals surface area contributed by atoms with Gasteiger partial charge in [0.1, 0.15) is 17.2 Å². The largest absolute Gasteiger partial charge is 0.494 e. The van der Waals surface area contributed by atoms with Crippen molar-refractivity contribution < 1.29 is 14.2 Å². The third-order valence-electron chi connectivity index (χ3n) is 3.62. The van der Waals surface area contributed by atoms with E-state index in [9.17, 15) is 9.50 Å². The maximum atomic E-state index is 13.7. The van der Waals surface area contributed by atoms with Crippen LogP contribution in [-0.2, 0) is 5.60 Å². The molecule has 2 aromatic rings. The zero-order valence-corrected chi connectivity index (χ0v) is 12.7. The van der Waals surface area contributed by atoms with Crippen molar-refractivity contribution in [3.63, 3.8) is 0 Å². The first-order valence-corrected chi connectivity index (χ1v) is 7.17. The predicted molar refractivity (Wildman–Crippen MR) is 82.0 cm³/mol. The molecule has 0 aliphatic rings. The SMILES string of the molecule is CCCOc1ccc(C(C)(O)c2ccc(C)c(F)c2)cc1. The number of aliphatic hydroxyl groups is 1. The second kappa shape index (κ2) is 6.27. The van der Waals surface area contributed by atoms with Crippen molar-refractivity contribution in [2.24, 2.45) is 0 Å². The summed E-state index contributed by atoms with van der Waals surface area (Å²) in [6.07, 6.45) is 0.947. The van der Waals surface area contributed by atoms with Crippen molar-refractivity contribution in [2.75, 3.05) is 6.61 Å². The van der Waals surface area contributed by atoms with Crippen molar-refractivity contribution in [1.29, 1.82) is 0 Å². The maximum Gasteiger partial charge on any atom is 0.126 e. The summed E-state index contributed by atoms with van der Waals surface area (Å²) in [6, 6.07) is 12.1. The van der Waals surface area contributed by atoms with Crippen molar-refractivity contribution >= 4 is 0 Å². The Kier molecular flexibility index (Phi) is 4.63. The predicted octanol–water partition coefficient (Wildman–Crippen LogP) is 4.18. The van der Waals surface area contributed by atoms with Gasteiger partial charge in [0.05, 0.1) is 6.61 Å². The monoisotopic (exact) mass is 288 g/mol. The molecule has 21 heavy (non-hydrogen) atoms. The molecule has 2 nitrogen and oxygen atoms in total. The zero-order valence-electron chi connectivity index (χ0n) is 12.7. The first kappa shape index (κ1) is 15.5. The molecule has 3 heteroatoms. The Balaban J connectivity index is 2.27. The van der Waals surface area contributed by atoms with E-state index in [4.69, 9.17) is 4.74 Å². The Morgan fingerprint density at radius 2 is 1.71 bits per heavy atom. The molecule has 1 atom stereocenters. The van der Waals surface area contributed by atoms with Crippen LogP contribution in [0.2, 0.25) is 0 Å². The Hall–Kier alpha value is -1.87. The highest BCUT2D eigenvalue weighted by Gasteiger charge is 2.26. The Morgan fingerprint density at radius 1 is 1.10 bits per heavy atom. The molecule has 0 saturated carbocycles. The number of hydrogen-bond donors (Lipinski definition) is 1. The molecule has 0 aliphatic carbocycles. The minimum absolute atomic E-state index is 0.310. The highest BCUT2D eigenvalue weighted by molar-refractivity contribution is 5.39. The van der Waals surface area contributed by atoms with Crippen LogP contribution in [0.4, 0.5) is 4.39 Å². The summed E-state index contributed by atoms with van der Waals surface area (Å²) in [4.78, 5) is 0. The van der Waals surface area contributed by atoms with Crippen LogP contribution in [0.3, 0.4) is 0 Å². The van der Waals surface area contributed by atoms with Gasteiger partial charge in [0.2, 0.25) is 0 Å². The first-order valence-electron chi connectivity index (χ1n) is 7.17. The fourth-order valence-electron chi connectivity index (χ4n) is 2.16. The molecule has 0 radical (unpaired) electrons. The lowest BCUT2D eigenvalue weighted by Gasteiger charge is -2.25. The van der Waals surface area contributed by atoms with Crippen LogP contribution in [0.15, 0.2) is 42.5 Å². The van der Waals surface area contributed by atoms with Gasteiger partial charge in [0, 0.05) is 0 Å². The standard InChI is InChI=1S/C18H21FO2/c1-4-11-21-16-9-7-14(8-10-16)18(3,20)15-6-5-13(2)17(19)12-15/h5-10,12,20H,4,11H2,1-3H3. The fourth-order valence-corrected chi connectivity index (χ4v) is 2.16. The van der Waals surface area contributed by atoms with E-state index in [-0.39, 0.29) is 5.82 Å². The number of halogens is 1. The van der Waals surface area contributed by atoms with Gasteiger partial charge in [0.25, 0.3) is 0 Å². The molecule has 2 aromatic carbocycles. The summed E-state index contributed by atoms with van der Waals surface area (Å²) in [5, 5.41) is 10.7. The van der Waals surface area contributed by atoms with Gasteiger partial charge in [-0.1, -0.05) is 31.2 Å². The van der Waals surface area contributed by atoms with Crippen LogP contribution in [0, 0.1) is 12.7 Å². The van der Waals surface area contributed by atoms with E-state index in [1.54, 1.807) is 26.0 Å². The Bertz CT molecular complexity index is 603. The summed E-state index contributed by atoms with van der Waals surface area (Å²) in [5.74, 6) is 0.460. The number of ether oxygens (including phenoxy) is 1. The second-order valence-electron chi connectivity index (χ2n) is 5.41. The van der Waals surface area contributed by atoms with Crippen molar-refractivity contribution in [3.05, 3.63) is 65.0 Å². The van der Waals surface area contributed by atoms with E-state index in [0.29, 0.717) is 23.3 Å². The van der Waals surface area contributed by atoms with Gasteiger partial charge in [-0.25, -0.2) is 4.39 Å². The van der Waals surface area contributed by atoms with E-state index in [1.165, 1.54) is 6.07 Å². The third-order valence-corrected chi connectivity index (χ3v) is 3.62. The number of aryl methyl sites for hydroxylation is 1. The van der Waals surface area contributed by atoms with Gasteiger partial charge in [-0.05, 0) is 55.2 Å². The molecule has 0 saturated heterocycles. The van der Waals surface area contributed by atoms with Gasteiger partial charge in [0.15, 0.2) is 0 Å². The Morgan fingerprint density at radius 3 is 2.29 bits per heavy atom. The molecule has 1 unspecified atom stereocenters. The van der Waals surface area contributed by atoms with E-state index in [2.05, 4.69) is 0 Å². The van der Waals surface area contributed by atoms with Crippen molar-refractivity contribution in [3.8, 4) is 5.75 Å². The van der Waals surface area contributed by atoms with E-state index in [0.717, 1.165) is 12.2 Å². The normalized spacial score (nSPS) is 13.8. The average Bonchev–Trinajstić information content (AvgIpc) is 2.48. The number of rotatable bonds is 5. The molecule has 1 N–H and O–H groups in total. The molecule has 0 fully saturated rings. The van der Waals surface area contributed by atoms with Gasteiger partial charge in [-0.2, -0.15) is 0 Å². The van der Waals surface area contributed by atoms with E-state index < -0.39 is 5.60 Å². The van der Waals surface area contributed by atoms with Gasteiger partial charge in [-0.15, -0.1) is 0 Å². The maximum absolute atomic E-state index is 13.7. The summed E-state index contributed by atoms with van der Waals surface area (Å²) in [6.45, 7) is 6.08. The van der Waals surface area contributed by atoms with Gasteiger partial charge in [-0.3, -0.25) is 0 Å². The topological polar surface area (TPSA) is 29.5 Å². The van der Waals surface area contributed by atoms with Crippen molar-refractivity contribution in [2.45, 2.75) is 32.8 Å². The van der Waals surface area contributed by atoms with Gasteiger partial charge >= 0.3 is 0 Å². The lowest BCUT2D eigenvalue weighted by Crippen LogP contribution is -2.23. The molecule has 112 valence electrons. The smallest absolute Gasteiger partial charge is 0.126 e. The molecule has 0 spiro atoms. The molecule has 2 rings (SSSR count). The zero-order chi connectivity index (χ0) is 15.5. The molecule has 0 aromatic heterocycles. The quantitative estimate of drug-likeness (QED) is 0.894. The average molecular weight is 288 g/mol. The molecule has 0 amide bonds. The minimum atomic E-state index is -1.24. The summed E-state index contributed by atoms with van der Waals surface area (Å²) in [7, 11) is 0. The second-order valence-corrected chi connectivity index (χ2v) is 5.41. The Labute approximate surface area is 125 Å². The summed E-state index contributed by atoms with van der Waals surface area (Å²) >= 11 is 0. The number of benzene rings is 2. The van der Waals surface area contributed by atoms with Crippen LogP contribution in [0.25, 0.3) is 0 Å². The number of hydrogen-bond acceptors (Lipinski definition) is 2. The fraction of sp³-hybridized carbons (Fsp3) is 0.333. The van der Waals surface area contributed by atoms with Crippen LogP contribution in [-0.4, -0.2) is 11.7 Å². The molecule has 0 aliphatic heterocycles. The molecule has 0 bridgehead atoms. The highest BCUT2D eigenvalue weighted by Crippen LogP contribution is 2.31. The van der Waals surface area contributed by atoms with E-state index in [1.807, 2.05) is 31.2 Å². The first-order chi connectivity index (χ1) is 9.95. The third kappa shape index (κ3) is 3.42. The summed E-state index contributed by atoms with van der Waals surface area (Å²) < 4.78 is 19.2. The van der Waals surface area contributed by atoms with E-state index >= 15 is 0 Å². The molecule has 0 heterocycles. The summed E-state index contributed by atoms with van der Waals surface area (Å²) in [5.41, 5.74) is 0.568. The van der Waals surface area contributed by atoms with Crippen LogP contribution in [0.1, 0.15) is 37.0 Å². The lowest BCUT2D eigenvalue weighted by molar-refractivity contribution is 0.102. The van der Waals surface area contributed by atoms with Crippen molar-refractivity contribution in [1.82, 2.24) is 0 Å². The molecular weight excluding hydrogens is 267 g/mol. The van der Waals surface area contributed by atoms with Gasteiger partial charge < -0.3 is 9.84 Å². The van der Waals surface area contributed by atoms with Crippen LogP contribution < -0.4 is 4.74 Å². The lowest BCUT2D eigenvalue weighted by atomic mass is 9.88. The molecular formula is C18H21FO2. The van der Waals surface area contributed by atoms with Crippen LogP contribution >= 0.6 is 0 Å². The highest BCUT2D eigenvalue weighted by atomic mass is 19.1. The van der Waals surface area contributed by atoms with Crippen LogP contribution in [0.5, 0.6) is 5.75 Å². The minimum Gasteiger partial charge on any atom is -0.494 e.